The number of ether oxygens (including phenoxy) is 1. The Kier molecular flexibility index (Phi) is 4.26. The fourth-order valence-corrected chi connectivity index (χ4v) is 2.72. The quantitative estimate of drug-likeness (QED) is 0.776. The van der Waals surface area contributed by atoms with Crippen LogP contribution in [0.1, 0.15) is 41.5 Å². The number of aryl methyl sites for hydroxylation is 2. The van der Waals surface area contributed by atoms with E-state index < -0.39 is 0 Å². The topological polar surface area (TPSA) is 69.2 Å². The highest BCUT2D eigenvalue weighted by Crippen LogP contribution is 2.30. The second kappa shape index (κ2) is 6.18. The Bertz CT molecular complexity index is 644. The van der Waals surface area contributed by atoms with Crippen LogP contribution in [0.4, 0.5) is 0 Å². The van der Waals surface area contributed by atoms with Gasteiger partial charge in [0.15, 0.2) is 5.82 Å². The zero-order chi connectivity index (χ0) is 15.7. The van der Waals surface area contributed by atoms with Gasteiger partial charge in [-0.05, 0) is 26.7 Å². The molecule has 1 aliphatic carbocycles. The van der Waals surface area contributed by atoms with E-state index in [1.54, 1.807) is 7.11 Å². The summed E-state index contributed by atoms with van der Waals surface area (Å²) >= 11 is 0. The maximum Gasteiger partial charge on any atom is 0.252 e. The number of nitrogens with zero attached hydrogens (tertiary/aromatic N) is 5. The summed E-state index contributed by atoms with van der Waals surface area (Å²) in [5, 5.41) is 8.55. The monoisotopic (exact) mass is 305 g/mol. The summed E-state index contributed by atoms with van der Waals surface area (Å²) in [7, 11) is 3.61. The summed E-state index contributed by atoms with van der Waals surface area (Å²) in [6.07, 6.45) is 2.47. The lowest BCUT2D eigenvalue weighted by Crippen LogP contribution is -2.26. The van der Waals surface area contributed by atoms with Gasteiger partial charge in [0.2, 0.25) is 0 Å². The van der Waals surface area contributed by atoms with Gasteiger partial charge in [-0.15, -0.1) is 0 Å². The van der Waals surface area contributed by atoms with Crippen LogP contribution in [0.15, 0.2) is 4.52 Å². The van der Waals surface area contributed by atoms with Gasteiger partial charge in [0, 0.05) is 38.0 Å². The molecule has 7 nitrogen and oxygen atoms in total. The summed E-state index contributed by atoms with van der Waals surface area (Å²) in [4.78, 5) is 6.79. The highest BCUT2D eigenvalue weighted by molar-refractivity contribution is 5.24. The van der Waals surface area contributed by atoms with Gasteiger partial charge in [0.1, 0.15) is 6.61 Å². The van der Waals surface area contributed by atoms with Crippen molar-refractivity contribution in [3.63, 3.8) is 0 Å². The lowest BCUT2D eigenvalue weighted by Gasteiger charge is -2.20. The van der Waals surface area contributed by atoms with Crippen molar-refractivity contribution in [3.8, 4) is 0 Å². The molecule has 22 heavy (non-hydrogen) atoms. The predicted octanol–water partition coefficient (Wildman–Crippen LogP) is 1.73. The molecule has 0 radical (unpaired) electrons. The van der Waals surface area contributed by atoms with Crippen molar-refractivity contribution in [2.24, 2.45) is 7.05 Å². The molecular weight excluding hydrogens is 282 g/mol. The first kappa shape index (κ1) is 15.2. The molecule has 2 heterocycles. The van der Waals surface area contributed by atoms with E-state index in [0.717, 1.165) is 18.1 Å². The Labute approximate surface area is 130 Å². The van der Waals surface area contributed by atoms with Gasteiger partial charge in [-0.3, -0.25) is 9.58 Å². The predicted molar refractivity (Wildman–Crippen MR) is 80.0 cm³/mol. The molecule has 1 saturated carbocycles. The molecule has 2 aromatic heterocycles. The van der Waals surface area contributed by atoms with Gasteiger partial charge in [-0.25, -0.2) is 0 Å². The molecule has 0 N–H and O–H groups in total. The second-order valence-corrected chi connectivity index (χ2v) is 5.95. The highest BCUT2D eigenvalue weighted by Gasteiger charge is 2.31. The molecular formula is C15H23N5O2. The summed E-state index contributed by atoms with van der Waals surface area (Å²) < 4.78 is 12.1. The van der Waals surface area contributed by atoms with Crippen LogP contribution in [-0.2, 0) is 31.5 Å². The van der Waals surface area contributed by atoms with Gasteiger partial charge < -0.3 is 9.26 Å². The Hall–Kier alpha value is -1.73. The number of hydrogen-bond acceptors (Lipinski definition) is 6. The molecule has 0 atom stereocenters. The number of rotatable bonds is 7. The fourth-order valence-electron chi connectivity index (χ4n) is 2.72. The first-order chi connectivity index (χ1) is 10.6. The minimum absolute atomic E-state index is 0.358. The Morgan fingerprint density at radius 1 is 1.32 bits per heavy atom. The zero-order valence-electron chi connectivity index (χ0n) is 13.7. The van der Waals surface area contributed by atoms with E-state index in [9.17, 15) is 0 Å². The van der Waals surface area contributed by atoms with Gasteiger partial charge in [-0.2, -0.15) is 10.1 Å². The van der Waals surface area contributed by atoms with Crippen LogP contribution in [0.5, 0.6) is 0 Å². The van der Waals surface area contributed by atoms with E-state index in [1.807, 2.05) is 11.7 Å². The van der Waals surface area contributed by atoms with Crippen LogP contribution in [0, 0.1) is 13.8 Å². The number of hydrogen-bond donors (Lipinski definition) is 0. The summed E-state index contributed by atoms with van der Waals surface area (Å²) in [6, 6.07) is 0.614. The fraction of sp³-hybridized carbons (Fsp3) is 0.667. The van der Waals surface area contributed by atoms with Gasteiger partial charge >= 0.3 is 0 Å². The van der Waals surface area contributed by atoms with Gasteiger partial charge in [0.25, 0.3) is 5.89 Å². The van der Waals surface area contributed by atoms with E-state index in [4.69, 9.17) is 9.26 Å². The zero-order valence-corrected chi connectivity index (χ0v) is 13.7. The Morgan fingerprint density at radius 2 is 2.09 bits per heavy atom. The summed E-state index contributed by atoms with van der Waals surface area (Å²) in [5.41, 5.74) is 3.62. The van der Waals surface area contributed by atoms with Crippen LogP contribution in [0.25, 0.3) is 0 Å². The van der Waals surface area contributed by atoms with E-state index >= 15 is 0 Å². The Balaban J connectivity index is 1.72. The molecule has 0 aromatic carbocycles. The maximum absolute atomic E-state index is 5.18. The van der Waals surface area contributed by atoms with E-state index in [1.165, 1.54) is 24.1 Å². The van der Waals surface area contributed by atoms with Crippen molar-refractivity contribution < 1.29 is 9.26 Å². The first-order valence-corrected chi connectivity index (χ1v) is 7.62. The third-order valence-corrected chi connectivity index (χ3v) is 4.21. The number of methoxy groups -OCH3 is 1. The third kappa shape index (κ3) is 3.20. The average molecular weight is 305 g/mol. The lowest BCUT2D eigenvalue weighted by atomic mass is 10.2. The molecule has 3 rings (SSSR count). The molecule has 0 bridgehead atoms. The van der Waals surface area contributed by atoms with E-state index in [2.05, 4.69) is 34.0 Å². The molecule has 2 aromatic rings. The highest BCUT2D eigenvalue weighted by atomic mass is 16.5. The van der Waals surface area contributed by atoms with Crippen molar-refractivity contribution in [3.05, 3.63) is 28.7 Å². The number of aromatic nitrogens is 4. The molecule has 0 aliphatic heterocycles. The minimum Gasteiger partial charge on any atom is -0.375 e. The van der Waals surface area contributed by atoms with Crippen molar-refractivity contribution >= 4 is 0 Å². The van der Waals surface area contributed by atoms with Crippen molar-refractivity contribution in [2.75, 3.05) is 7.11 Å². The normalized spacial score (nSPS) is 15.0. The molecule has 0 amide bonds. The van der Waals surface area contributed by atoms with Gasteiger partial charge in [0.05, 0.1) is 12.2 Å². The summed E-state index contributed by atoms with van der Waals surface area (Å²) in [6.45, 7) is 6.12. The molecule has 0 unspecified atom stereocenters. The van der Waals surface area contributed by atoms with Crippen LogP contribution in [0.2, 0.25) is 0 Å². The van der Waals surface area contributed by atoms with Crippen molar-refractivity contribution in [2.45, 2.75) is 52.4 Å². The van der Waals surface area contributed by atoms with Crippen molar-refractivity contribution in [1.82, 2.24) is 24.8 Å². The standard InChI is InChI=1S/C15H23N5O2/c1-10-13(11(2)19(3)17-10)7-20(12-5-6-12)8-14-16-15(9-21-4)22-18-14/h12H,5-9H2,1-4H3. The smallest absolute Gasteiger partial charge is 0.252 e. The van der Waals surface area contributed by atoms with Crippen molar-refractivity contribution in [1.29, 1.82) is 0 Å². The van der Waals surface area contributed by atoms with E-state index in [-0.39, 0.29) is 0 Å². The average Bonchev–Trinajstić information content (AvgIpc) is 3.19. The molecule has 0 saturated heterocycles. The maximum atomic E-state index is 5.18. The lowest BCUT2D eigenvalue weighted by molar-refractivity contribution is 0.151. The third-order valence-electron chi connectivity index (χ3n) is 4.21. The first-order valence-electron chi connectivity index (χ1n) is 7.62. The summed E-state index contributed by atoms with van der Waals surface area (Å²) in [5.74, 6) is 1.25. The van der Waals surface area contributed by atoms with Crippen LogP contribution in [0.3, 0.4) is 0 Å². The molecule has 1 fully saturated rings. The van der Waals surface area contributed by atoms with Gasteiger partial charge in [-0.1, -0.05) is 5.16 Å². The SMILES string of the molecule is COCc1nc(CN(Cc2c(C)nn(C)c2C)C2CC2)no1. The van der Waals surface area contributed by atoms with Crippen LogP contribution in [-0.4, -0.2) is 38.0 Å². The molecule has 120 valence electrons. The Morgan fingerprint density at radius 3 is 2.68 bits per heavy atom. The molecule has 0 spiro atoms. The second-order valence-electron chi connectivity index (χ2n) is 5.95. The minimum atomic E-state index is 0.358. The molecule has 1 aliphatic rings. The largest absolute Gasteiger partial charge is 0.375 e. The van der Waals surface area contributed by atoms with E-state index in [0.29, 0.717) is 25.1 Å². The van der Waals surface area contributed by atoms with Crippen LogP contribution < -0.4 is 0 Å². The molecule has 7 heteroatoms. The van der Waals surface area contributed by atoms with Crippen LogP contribution >= 0.6 is 0 Å².